The lowest BCUT2D eigenvalue weighted by atomic mass is 9.81. The van der Waals surface area contributed by atoms with Crippen LogP contribution in [-0.4, -0.2) is 109 Å². The quantitative estimate of drug-likeness (QED) is 0.247. The SMILES string of the molecule is OCC1C[C@H](O[C@H]2OC(CO)[C@@H](O)[C@H](O)C2O)C(O)C(O)[C@@H]1O. The summed E-state index contributed by atoms with van der Waals surface area (Å²) in [6, 6.07) is 0. The van der Waals surface area contributed by atoms with Gasteiger partial charge in [0.25, 0.3) is 0 Å². The standard InChI is InChI=1S/C13H24O10/c14-2-4-1-5(8(17)10(19)7(4)16)22-13-12(21)11(20)9(18)6(3-15)23-13/h4-21H,1-3H2/t4?,5-,6?,7+,8?,9+,10?,11-,12?,13-/m0/s1. The van der Waals surface area contributed by atoms with Crippen molar-refractivity contribution in [1.29, 1.82) is 0 Å². The van der Waals surface area contributed by atoms with E-state index in [0.29, 0.717) is 0 Å². The van der Waals surface area contributed by atoms with Crippen molar-refractivity contribution in [2.75, 3.05) is 13.2 Å². The van der Waals surface area contributed by atoms with E-state index in [4.69, 9.17) is 14.6 Å². The van der Waals surface area contributed by atoms with E-state index in [1.165, 1.54) is 0 Å². The van der Waals surface area contributed by atoms with Crippen LogP contribution in [0.1, 0.15) is 6.42 Å². The Labute approximate surface area is 132 Å². The molecule has 1 saturated heterocycles. The van der Waals surface area contributed by atoms with Gasteiger partial charge in [-0.15, -0.1) is 0 Å². The van der Waals surface area contributed by atoms with E-state index < -0.39 is 74.3 Å². The summed E-state index contributed by atoms with van der Waals surface area (Å²) in [5, 5.41) is 77.1. The van der Waals surface area contributed by atoms with E-state index in [2.05, 4.69) is 0 Å². The van der Waals surface area contributed by atoms with Gasteiger partial charge in [0, 0.05) is 12.5 Å². The topological polar surface area (TPSA) is 180 Å². The smallest absolute Gasteiger partial charge is 0.187 e. The van der Waals surface area contributed by atoms with Crippen LogP contribution < -0.4 is 0 Å². The van der Waals surface area contributed by atoms with Gasteiger partial charge in [0.15, 0.2) is 6.29 Å². The Morgan fingerprint density at radius 1 is 0.739 bits per heavy atom. The van der Waals surface area contributed by atoms with Crippen LogP contribution in [0.15, 0.2) is 0 Å². The highest BCUT2D eigenvalue weighted by Crippen LogP contribution is 2.31. The molecule has 23 heavy (non-hydrogen) atoms. The van der Waals surface area contributed by atoms with Crippen molar-refractivity contribution >= 4 is 0 Å². The fourth-order valence-electron chi connectivity index (χ4n) is 2.95. The summed E-state index contributed by atoms with van der Waals surface area (Å²) < 4.78 is 10.5. The van der Waals surface area contributed by atoms with Crippen LogP contribution >= 0.6 is 0 Å². The molecule has 10 atom stereocenters. The third-order valence-electron chi connectivity index (χ3n) is 4.49. The highest BCUT2D eigenvalue weighted by molar-refractivity contribution is 4.95. The molecule has 0 amide bonds. The minimum absolute atomic E-state index is 0.0229. The maximum absolute atomic E-state index is 9.96. The highest BCUT2D eigenvalue weighted by atomic mass is 16.7. The monoisotopic (exact) mass is 340 g/mol. The highest BCUT2D eigenvalue weighted by Gasteiger charge is 2.48. The molecule has 8 N–H and O–H groups in total. The average Bonchev–Trinajstić information content (AvgIpc) is 2.55. The van der Waals surface area contributed by atoms with Crippen molar-refractivity contribution in [1.82, 2.24) is 0 Å². The summed E-state index contributed by atoms with van der Waals surface area (Å²) in [6.45, 7) is -1.07. The first-order valence-corrected chi connectivity index (χ1v) is 7.42. The number of hydrogen-bond donors (Lipinski definition) is 8. The van der Waals surface area contributed by atoms with Gasteiger partial charge in [-0.1, -0.05) is 0 Å². The molecule has 136 valence electrons. The van der Waals surface area contributed by atoms with Crippen molar-refractivity contribution in [2.24, 2.45) is 5.92 Å². The van der Waals surface area contributed by atoms with Crippen molar-refractivity contribution in [2.45, 2.75) is 61.5 Å². The minimum Gasteiger partial charge on any atom is -0.396 e. The molecular weight excluding hydrogens is 316 g/mol. The van der Waals surface area contributed by atoms with Crippen molar-refractivity contribution in [3.05, 3.63) is 0 Å². The molecule has 5 unspecified atom stereocenters. The largest absolute Gasteiger partial charge is 0.396 e. The molecular formula is C13H24O10. The molecule has 0 spiro atoms. The summed E-state index contributed by atoms with van der Waals surface area (Å²) >= 11 is 0. The lowest BCUT2D eigenvalue weighted by molar-refractivity contribution is -0.326. The van der Waals surface area contributed by atoms with Crippen molar-refractivity contribution < 1.29 is 50.3 Å². The molecule has 10 nitrogen and oxygen atoms in total. The number of hydrogen-bond acceptors (Lipinski definition) is 10. The number of rotatable bonds is 4. The molecule has 10 heteroatoms. The zero-order valence-corrected chi connectivity index (χ0v) is 12.3. The molecule has 1 heterocycles. The summed E-state index contributed by atoms with van der Waals surface area (Å²) in [5.74, 6) is -0.747. The summed E-state index contributed by atoms with van der Waals surface area (Å²) in [7, 11) is 0. The summed E-state index contributed by atoms with van der Waals surface area (Å²) in [6.07, 6.45) is -12.9. The molecule has 0 aromatic carbocycles. The Balaban J connectivity index is 2.07. The van der Waals surface area contributed by atoms with E-state index in [9.17, 15) is 35.7 Å². The molecule has 2 fully saturated rings. The Hall–Kier alpha value is -0.400. The van der Waals surface area contributed by atoms with Gasteiger partial charge >= 0.3 is 0 Å². The zero-order valence-electron chi connectivity index (χ0n) is 12.3. The van der Waals surface area contributed by atoms with Crippen LogP contribution in [0, 0.1) is 5.92 Å². The molecule has 2 rings (SSSR count). The lowest BCUT2D eigenvalue weighted by Gasteiger charge is -2.44. The van der Waals surface area contributed by atoms with Crippen molar-refractivity contribution in [3.8, 4) is 0 Å². The van der Waals surface area contributed by atoms with Gasteiger partial charge < -0.3 is 50.3 Å². The Kier molecular flexibility index (Phi) is 6.30. The summed E-state index contributed by atoms with van der Waals surface area (Å²) in [5.41, 5.74) is 0. The fourth-order valence-corrected chi connectivity index (χ4v) is 2.95. The van der Waals surface area contributed by atoms with E-state index >= 15 is 0 Å². The van der Waals surface area contributed by atoms with E-state index in [0.717, 1.165) is 0 Å². The molecule has 1 saturated carbocycles. The first-order valence-electron chi connectivity index (χ1n) is 7.42. The molecule has 2 aliphatic rings. The zero-order chi connectivity index (χ0) is 17.3. The van der Waals surface area contributed by atoms with Gasteiger partial charge in [-0.2, -0.15) is 0 Å². The van der Waals surface area contributed by atoms with Gasteiger partial charge in [-0.25, -0.2) is 0 Å². The second-order valence-electron chi connectivity index (χ2n) is 6.02. The van der Waals surface area contributed by atoms with Gasteiger partial charge in [0.2, 0.25) is 0 Å². The van der Waals surface area contributed by atoms with Crippen LogP contribution in [0.5, 0.6) is 0 Å². The Morgan fingerprint density at radius 3 is 1.91 bits per heavy atom. The Bertz CT molecular complexity index is 344. The van der Waals surface area contributed by atoms with Crippen LogP contribution in [0.25, 0.3) is 0 Å². The minimum atomic E-state index is -1.64. The third kappa shape index (κ3) is 3.66. The van der Waals surface area contributed by atoms with E-state index in [-0.39, 0.29) is 6.42 Å². The van der Waals surface area contributed by atoms with Crippen LogP contribution in [0.3, 0.4) is 0 Å². The molecule has 0 bridgehead atoms. The second-order valence-corrected chi connectivity index (χ2v) is 6.02. The normalized spacial score (nSPS) is 51.7. The summed E-state index contributed by atoms with van der Waals surface area (Å²) in [4.78, 5) is 0. The Morgan fingerprint density at radius 2 is 1.35 bits per heavy atom. The van der Waals surface area contributed by atoms with Gasteiger partial charge in [-0.05, 0) is 6.42 Å². The number of aliphatic hydroxyl groups excluding tert-OH is 8. The first-order chi connectivity index (χ1) is 10.8. The molecule has 0 aromatic heterocycles. The number of aliphatic hydroxyl groups is 8. The van der Waals surface area contributed by atoms with Gasteiger partial charge in [-0.3, -0.25) is 0 Å². The molecule has 0 aromatic rings. The molecule has 0 radical (unpaired) electrons. The maximum Gasteiger partial charge on any atom is 0.187 e. The average molecular weight is 340 g/mol. The van der Waals surface area contributed by atoms with Gasteiger partial charge in [0.05, 0.1) is 18.8 Å². The third-order valence-corrected chi connectivity index (χ3v) is 4.49. The van der Waals surface area contributed by atoms with Crippen LogP contribution in [0.4, 0.5) is 0 Å². The van der Waals surface area contributed by atoms with E-state index in [1.54, 1.807) is 0 Å². The van der Waals surface area contributed by atoms with E-state index in [1.807, 2.05) is 0 Å². The predicted molar refractivity (Wildman–Crippen MR) is 71.9 cm³/mol. The van der Waals surface area contributed by atoms with Crippen molar-refractivity contribution in [3.63, 3.8) is 0 Å². The van der Waals surface area contributed by atoms with Gasteiger partial charge in [0.1, 0.15) is 36.6 Å². The second kappa shape index (κ2) is 7.66. The van der Waals surface area contributed by atoms with Crippen LogP contribution in [0.2, 0.25) is 0 Å². The predicted octanol–water partition coefficient (Wildman–Crippen LogP) is -4.73. The lowest BCUT2D eigenvalue weighted by Crippen LogP contribution is -2.62. The molecule has 1 aliphatic carbocycles. The van der Waals surface area contributed by atoms with Crippen LogP contribution in [-0.2, 0) is 9.47 Å². The first kappa shape index (κ1) is 18.9. The fraction of sp³-hybridized carbons (Fsp3) is 1.00. The number of ether oxygens (including phenoxy) is 2. The maximum atomic E-state index is 9.96. The molecule has 1 aliphatic heterocycles.